The van der Waals surface area contributed by atoms with Gasteiger partial charge >= 0.3 is 0 Å². The second kappa shape index (κ2) is 6.61. The highest BCUT2D eigenvalue weighted by molar-refractivity contribution is 5.84. The van der Waals surface area contributed by atoms with Crippen molar-refractivity contribution < 1.29 is 13.2 Å². The Labute approximate surface area is 134 Å². The van der Waals surface area contributed by atoms with Gasteiger partial charge in [-0.1, -0.05) is 37.6 Å². The van der Waals surface area contributed by atoms with Crippen LogP contribution in [-0.2, 0) is 12.8 Å². The first-order valence-corrected chi connectivity index (χ1v) is 8.06. The maximum absolute atomic E-state index is 14.4. The lowest BCUT2D eigenvalue weighted by molar-refractivity contribution is 0.494. The molecule has 0 aromatic heterocycles. The molecular formula is C20H19F3. The second-order valence-electron chi connectivity index (χ2n) is 6.02. The van der Waals surface area contributed by atoms with Gasteiger partial charge in [-0.3, -0.25) is 0 Å². The lowest BCUT2D eigenvalue weighted by Gasteiger charge is -2.18. The molecule has 0 nitrogen and oxygen atoms in total. The van der Waals surface area contributed by atoms with E-state index in [-0.39, 0.29) is 11.4 Å². The van der Waals surface area contributed by atoms with Crippen molar-refractivity contribution in [1.82, 2.24) is 0 Å². The van der Waals surface area contributed by atoms with Crippen LogP contribution < -0.4 is 0 Å². The molecule has 23 heavy (non-hydrogen) atoms. The number of hydrogen-bond donors (Lipinski definition) is 0. The molecular weight excluding hydrogens is 297 g/mol. The van der Waals surface area contributed by atoms with Crippen LogP contribution in [0.15, 0.2) is 30.3 Å². The number of rotatable bonds is 4. The predicted molar refractivity (Wildman–Crippen MR) is 87.6 cm³/mol. The molecule has 3 heteroatoms. The van der Waals surface area contributed by atoms with Gasteiger partial charge in [-0.05, 0) is 60.1 Å². The average Bonchev–Trinajstić information content (AvgIpc) is 2.55. The topological polar surface area (TPSA) is 0 Å². The molecule has 0 fully saturated rings. The van der Waals surface area contributed by atoms with Crippen molar-refractivity contribution in [2.24, 2.45) is 0 Å². The first kappa shape index (κ1) is 15.9. The summed E-state index contributed by atoms with van der Waals surface area (Å²) in [7, 11) is 0. The Morgan fingerprint density at radius 3 is 2.57 bits per heavy atom. The number of aryl methyl sites for hydroxylation is 2. The molecule has 0 atom stereocenters. The lowest BCUT2D eigenvalue weighted by atomic mass is 9.88. The van der Waals surface area contributed by atoms with Gasteiger partial charge in [0.15, 0.2) is 11.6 Å². The molecule has 0 spiro atoms. The van der Waals surface area contributed by atoms with Crippen LogP contribution in [0.25, 0.3) is 11.6 Å². The van der Waals surface area contributed by atoms with E-state index in [0.29, 0.717) is 24.8 Å². The third-order valence-corrected chi connectivity index (χ3v) is 4.41. The van der Waals surface area contributed by atoms with Gasteiger partial charge in [0.25, 0.3) is 0 Å². The molecule has 0 saturated heterocycles. The first-order chi connectivity index (χ1) is 11.1. The number of benzene rings is 2. The number of unbranched alkanes of at least 4 members (excludes halogenated alkanes) is 1. The summed E-state index contributed by atoms with van der Waals surface area (Å²) in [5.41, 5.74) is 3.23. The summed E-state index contributed by atoms with van der Waals surface area (Å²) in [5, 5.41) is 0. The summed E-state index contributed by atoms with van der Waals surface area (Å²) in [5.74, 6) is -1.85. The number of hydrogen-bond acceptors (Lipinski definition) is 0. The summed E-state index contributed by atoms with van der Waals surface area (Å²) < 4.78 is 42.1. The van der Waals surface area contributed by atoms with Crippen LogP contribution in [0.1, 0.15) is 48.4 Å². The molecule has 120 valence electrons. The molecule has 0 amide bonds. The fourth-order valence-corrected chi connectivity index (χ4v) is 3.07. The van der Waals surface area contributed by atoms with Gasteiger partial charge in [-0.25, -0.2) is 13.2 Å². The monoisotopic (exact) mass is 316 g/mol. The van der Waals surface area contributed by atoms with Gasteiger partial charge in [-0.2, -0.15) is 0 Å². The van der Waals surface area contributed by atoms with Gasteiger partial charge in [-0.15, -0.1) is 0 Å². The van der Waals surface area contributed by atoms with E-state index in [1.807, 2.05) is 6.92 Å². The first-order valence-electron chi connectivity index (χ1n) is 8.06. The molecule has 0 bridgehead atoms. The van der Waals surface area contributed by atoms with Gasteiger partial charge in [0.05, 0.1) is 0 Å². The van der Waals surface area contributed by atoms with E-state index in [4.69, 9.17) is 0 Å². The Bertz CT molecular complexity index is 760. The third-order valence-electron chi connectivity index (χ3n) is 4.41. The van der Waals surface area contributed by atoms with Crippen LogP contribution >= 0.6 is 0 Å². The van der Waals surface area contributed by atoms with E-state index >= 15 is 0 Å². The summed E-state index contributed by atoms with van der Waals surface area (Å²) in [6, 6.07) is 7.95. The van der Waals surface area contributed by atoms with Gasteiger partial charge in [0.1, 0.15) is 5.82 Å². The normalized spacial score (nSPS) is 13.7. The van der Waals surface area contributed by atoms with E-state index in [1.165, 1.54) is 12.1 Å². The molecule has 0 radical (unpaired) electrons. The maximum atomic E-state index is 14.4. The van der Waals surface area contributed by atoms with Crippen LogP contribution in [0.3, 0.4) is 0 Å². The Balaban J connectivity index is 1.98. The molecule has 0 heterocycles. The molecule has 0 saturated carbocycles. The summed E-state index contributed by atoms with van der Waals surface area (Å²) >= 11 is 0. The van der Waals surface area contributed by atoms with Gasteiger partial charge in [0.2, 0.25) is 0 Å². The molecule has 1 aliphatic carbocycles. The zero-order valence-corrected chi connectivity index (χ0v) is 13.1. The molecule has 0 unspecified atom stereocenters. The fraction of sp³-hybridized carbons (Fsp3) is 0.300. The zero-order chi connectivity index (χ0) is 16.4. The molecule has 2 aromatic carbocycles. The minimum atomic E-state index is -0.787. The van der Waals surface area contributed by atoms with Crippen molar-refractivity contribution >= 4 is 11.6 Å². The van der Waals surface area contributed by atoms with Crippen LogP contribution in [0, 0.1) is 17.5 Å². The highest BCUT2D eigenvalue weighted by Gasteiger charge is 2.19. The fourth-order valence-electron chi connectivity index (χ4n) is 3.07. The van der Waals surface area contributed by atoms with Crippen molar-refractivity contribution in [3.05, 3.63) is 70.0 Å². The minimum Gasteiger partial charge on any atom is -0.207 e. The number of halogens is 3. The number of allylic oxidation sites excluding steroid dienone is 1. The standard InChI is InChI=1S/C20H19F3/c1-2-3-4-14-8-10-18(20(23)19(14)22)15-6-5-13-7-9-17(21)12-16(13)11-15/h7-12H,2-6H2,1H3. The zero-order valence-electron chi connectivity index (χ0n) is 13.1. The highest BCUT2D eigenvalue weighted by atomic mass is 19.2. The lowest BCUT2D eigenvalue weighted by Crippen LogP contribution is -2.04. The molecule has 1 aliphatic rings. The summed E-state index contributed by atoms with van der Waals surface area (Å²) in [4.78, 5) is 0. The molecule has 0 N–H and O–H groups in total. The quantitative estimate of drug-likeness (QED) is 0.655. The Hall–Kier alpha value is -2.03. The minimum absolute atomic E-state index is 0.289. The van der Waals surface area contributed by atoms with Crippen LogP contribution in [0.4, 0.5) is 13.2 Å². The van der Waals surface area contributed by atoms with E-state index in [1.54, 1.807) is 24.3 Å². The molecule has 3 rings (SSSR count). The van der Waals surface area contributed by atoms with Crippen LogP contribution in [-0.4, -0.2) is 0 Å². The average molecular weight is 316 g/mol. The maximum Gasteiger partial charge on any atom is 0.166 e. The SMILES string of the molecule is CCCCc1ccc(C2=Cc3cc(F)ccc3CC2)c(F)c1F. The van der Waals surface area contributed by atoms with Gasteiger partial charge in [0, 0.05) is 5.56 Å². The summed E-state index contributed by atoms with van der Waals surface area (Å²) in [6.07, 6.45) is 5.43. The van der Waals surface area contributed by atoms with Crippen molar-refractivity contribution in [3.63, 3.8) is 0 Å². The Morgan fingerprint density at radius 1 is 0.957 bits per heavy atom. The van der Waals surface area contributed by atoms with Crippen LogP contribution in [0.5, 0.6) is 0 Å². The van der Waals surface area contributed by atoms with E-state index in [9.17, 15) is 13.2 Å². The Morgan fingerprint density at radius 2 is 1.78 bits per heavy atom. The van der Waals surface area contributed by atoms with E-state index < -0.39 is 11.6 Å². The highest BCUT2D eigenvalue weighted by Crippen LogP contribution is 2.33. The second-order valence-corrected chi connectivity index (χ2v) is 6.02. The van der Waals surface area contributed by atoms with Gasteiger partial charge < -0.3 is 0 Å². The largest absolute Gasteiger partial charge is 0.207 e. The van der Waals surface area contributed by atoms with Crippen LogP contribution in [0.2, 0.25) is 0 Å². The van der Waals surface area contributed by atoms with Crippen molar-refractivity contribution in [2.45, 2.75) is 39.0 Å². The van der Waals surface area contributed by atoms with Crippen molar-refractivity contribution in [1.29, 1.82) is 0 Å². The van der Waals surface area contributed by atoms with E-state index in [0.717, 1.165) is 29.5 Å². The van der Waals surface area contributed by atoms with E-state index in [2.05, 4.69) is 0 Å². The molecule has 2 aromatic rings. The molecule has 0 aliphatic heterocycles. The smallest absolute Gasteiger partial charge is 0.166 e. The van der Waals surface area contributed by atoms with Crippen molar-refractivity contribution in [2.75, 3.05) is 0 Å². The van der Waals surface area contributed by atoms with Crippen molar-refractivity contribution in [3.8, 4) is 0 Å². The third kappa shape index (κ3) is 3.19. The summed E-state index contributed by atoms with van der Waals surface area (Å²) in [6.45, 7) is 2.02. The predicted octanol–water partition coefficient (Wildman–Crippen LogP) is 5.93. The number of fused-ring (bicyclic) bond motifs is 1. The Kier molecular flexibility index (Phi) is 4.56.